The zero-order valence-corrected chi connectivity index (χ0v) is 13.4. The van der Waals surface area contributed by atoms with Gasteiger partial charge in [0.2, 0.25) is 5.91 Å². The Kier molecular flexibility index (Phi) is 5.91. The van der Waals surface area contributed by atoms with Crippen LogP contribution in [0.1, 0.15) is 20.3 Å². The Balaban J connectivity index is 2.19. The molecule has 1 amide bonds. The van der Waals surface area contributed by atoms with Crippen LogP contribution in [-0.2, 0) is 11.3 Å². The van der Waals surface area contributed by atoms with Crippen molar-refractivity contribution in [3.8, 4) is 17.0 Å². The highest BCUT2D eigenvalue weighted by Gasteiger charge is 2.07. The minimum atomic E-state index is -0.300. The lowest BCUT2D eigenvalue weighted by Gasteiger charge is -2.08. The molecular formula is C17H21N3O3. The number of nitrogens with one attached hydrogen (secondary N) is 1. The fourth-order valence-electron chi connectivity index (χ4n) is 2.06. The van der Waals surface area contributed by atoms with Gasteiger partial charge in [0.05, 0.1) is 12.3 Å². The molecule has 0 aliphatic heterocycles. The summed E-state index contributed by atoms with van der Waals surface area (Å²) in [7, 11) is 0. The van der Waals surface area contributed by atoms with Crippen molar-refractivity contribution in [2.24, 2.45) is 0 Å². The van der Waals surface area contributed by atoms with E-state index in [-0.39, 0.29) is 18.0 Å². The minimum Gasteiger partial charge on any atom is -0.494 e. The molecule has 23 heavy (non-hydrogen) atoms. The third-order valence-electron chi connectivity index (χ3n) is 3.19. The molecule has 0 aliphatic carbocycles. The SMILES string of the molecule is CCCNC(=O)Cn1nc(-c2ccc(OCC)cc2)ccc1=O. The van der Waals surface area contributed by atoms with Gasteiger partial charge in [-0.25, -0.2) is 4.68 Å². The average Bonchev–Trinajstić information content (AvgIpc) is 2.56. The molecule has 0 spiro atoms. The molecule has 6 nitrogen and oxygen atoms in total. The van der Waals surface area contributed by atoms with Gasteiger partial charge in [-0.1, -0.05) is 6.92 Å². The summed E-state index contributed by atoms with van der Waals surface area (Å²) in [5.41, 5.74) is 1.19. The van der Waals surface area contributed by atoms with Gasteiger partial charge in [-0.3, -0.25) is 9.59 Å². The smallest absolute Gasteiger partial charge is 0.267 e. The molecule has 2 aromatic rings. The van der Waals surface area contributed by atoms with Crippen molar-refractivity contribution in [3.63, 3.8) is 0 Å². The van der Waals surface area contributed by atoms with Gasteiger partial charge in [0.15, 0.2) is 0 Å². The summed E-state index contributed by atoms with van der Waals surface area (Å²) < 4.78 is 6.58. The molecular weight excluding hydrogens is 294 g/mol. The van der Waals surface area contributed by atoms with Crippen molar-refractivity contribution in [2.45, 2.75) is 26.8 Å². The number of aromatic nitrogens is 2. The molecule has 0 fully saturated rings. The third-order valence-corrected chi connectivity index (χ3v) is 3.19. The number of hydrogen-bond acceptors (Lipinski definition) is 4. The van der Waals surface area contributed by atoms with Crippen molar-refractivity contribution in [1.29, 1.82) is 0 Å². The molecule has 1 aromatic heterocycles. The predicted octanol–water partition coefficient (Wildman–Crippen LogP) is 1.84. The van der Waals surface area contributed by atoms with Gasteiger partial charge >= 0.3 is 0 Å². The second-order valence-electron chi connectivity index (χ2n) is 5.02. The van der Waals surface area contributed by atoms with Crippen LogP contribution in [0.15, 0.2) is 41.2 Å². The first-order valence-corrected chi connectivity index (χ1v) is 7.72. The van der Waals surface area contributed by atoms with Gasteiger partial charge in [-0.05, 0) is 43.7 Å². The average molecular weight is 315 g/mol. The maximum atomic E-state index is 11.9. The van der Waals surface area contributed by atoms with Crippen LogP contribution in [-0.4, -0.2) is 28.8 Å². The highest BCUT2D eigenvalue weighted by Crippen LogP contribution is 2.19. The topological polar surface area (TPSA) is 73.2 Å². The van der Waals surface area contributed by atoms with Crippen LogP contribution in [0.25, 0.3) is 11.3 Å². The largest absolute Gasteiger partial charge is 0.494 e. The number of benzene rings is 1. The zero-order valence-electron chi connectivity index (χ0n) is 13.4. The van der Waals surface area contributed by atoms with Crippen molar-refractivity contribution >= 4 is 5.91 Å². The van der Waals surface area contributed by atoms with E-state index in [0.29, 0.717) is 18.8 Å². The van der Waals surface area contributed by atoms with Crippen molar-refractivity contribution < 1.29 is 9.53 Å². The third kappa shape index (κ3) is 4.67. The van der Waals surface area contributed by atoms with Crippen LogP contribution in [0.3, 0.4) is 0 Å². The number of carbonyl (C=O) groups excluding carboxylic acids is 1. The highest BCUT2D eigenvalue weighted by molar-refractivity contribution is 5.75. The van der Waals surface area contributed by atoms with Crippen LogP contribution in [0.2, 0.25) is 0 Å². The van der Waals surface area contributed by atoms with E-state index in [2.05, 4.69) is 10.4 Å². The summed E-state index contributed by atoms with van der Waals surface area (Å²) in [5, 5.41) is 7.00. The molecule has 122 valence electrons. The van der Waals surface area contributed by atoms with E-state index in [0.717, 1.165) is 17.7 Å². The van der Waals surface area contributed by atoms with Gasteiger partial charge in [-0.2, -0.15) is 5.10 Å². The Morgan fingerprint density at radius 2 is 1.91 bits per heavy atom. The molecule has 0 bridgehead atoms. The molecule has 0 radical (unpaired) electrons. The summed E-state index contributed by atoms with van der Waals surface area (Å²) in [5.74, 6) is 0.564. The van der Waals surface area contributed by atoms with E-state index in [1.807, 2.05) is 38.1 Å². The summed E-state index contributed by atoms with van der Waals surface area (Å²) in [4.78, 5) is 23.6. The lowest BCUT2D eigenvalue weighted by atomic mass is 10.1. The standard InChI is InChI=1S/C17H21N3O3/c1-3-11-18-16(21)12-20-17(22)10-9-15(19-20)13-5-7-14(8-6-13)23-4-2/h5-10H,3-4,11-12H2,1-2H3,(H,18,21). The van der Waals surface area contributed by atoms with Gasteiger partial charge in [0.25, 0.3) is 5.56 Å². The van der Waals surface area contributed by atoms with Gasteiger partial charge < -0.3 is 10.1 Å². The van der Waals surface area contributed by atoms with E-state index in [9.17, 15) is 9.59 Å². The van der Waals surface area contributed by atoms with E-state index >= 15 is 0 Å². The predicted molar refractivity (Wildman–Crippen MR) is 88.4 cm³/mol. The van der Waals surface area contributed by atoms with Gasteiger partial charge in [0.1, 0.15) is 12.3 Å². The summed E-state index contributed by atoms with van der Waals surface area (Å²) >= 11 is 0. The first-order chi connectivity index (χ1) is 11.1. The number of rotatable bonds is 7. The summed E-state index contributed by atoms with van der Waals surface area (Å²) in [6.07, 6.45) is 0.848. The van der Waals surface area contributed by atoms with Crippen molar-refractivity contribution in [1.82, 2.24) is 15.1 Å². The highest BCUT2D eigenvalue weighted by atomic mass is 16.5. The van der Waals surface area contributed by atoms with Crippen LogP contribution in [0.5, 0.6) is 5.75 Å². The fourth-order valence-corrected chi connectivity index (χ4v) is 2.06. The van der Waals surface area contributed by atoms with Crippen molar-refractivity contribution in [2.75, 3.05) is 13.2 Å². The molecule has 0 unspecified atom stereocenters. The molecule has 6 heteroatoms. The number of ether oxygens (including phenoxy) is 1. The molecule has 0 saturated heterocycles. The van der Waals surface area contributed by atoms with Crippen LogP contribution in [0.4, 0.5) is 0 Å². The van der Waals surface area contributed by atoms with Crippen LogP contribution in [0, 0.1) is 0 Å². The van der Waals surface area contributed by atoms with Gasteiger partial charge in [0, 0.05) is 18.2 Å². The van der Waals surface area contributed by atoms with E-state index < -0.39 is 0 Å². The normalized spacial score (nSPS) is 10.3. The van der Waals surface area contributed by atoms with E-state index in [1.54, 1.807) is 6.07 Å². The Morgan fingerprint density at radius 3 is 2.57 bits per heavy atom. The maximum Gasteiger partial charge on any atom is 0.267 e. The second-order valence-corrected chi connectivity index (χ2v) is 5.02. The number of hydrogen-bond donors (Lipinski definition) is 1. The Labute approximate surface area is 135 Å². The molecule has 0 saturated carbocycles. The van der Waals surface area contributed by atoms with E-state index in [1.165, 1.54) is 10.7 Å². The number of nitrogens with zero attached hydrogens (tertiary/aromatic N) is 2. The molecule has 1 N–H and O–H groups in total. The second kappa shape index (κ2) is 8.12. The Bertz CT molecular complexity index is 708. The summed E-state index contributed by atoms with van der Waals surface area (Å²) in [6, 6.07) is 10.5. The molecule has 0 aliphatic rings. The lowest BCUT2D eigenvalue weighted by molar-refractivity contribution is -0.121. The first-order valence-electron chi connectivity index (χ1n) is 7.72. The summed E-state index contributed by atoms with van der Waals surface area (Å²) in [6.45, 7) is 5.01. The van der Waals surface area contributed by atoms with Gasteiger partial charge in [-0.15, -0.1) is 0 Å². The maximum absolute atomic E-state index is 11.9. The number of carbonyl (C=O) groups is 1. The monoisotopic (exact) mass is 315 g/mol. The van der Waals surface area contributed by atoms with Crippen molar-refractivity contribution in [3.05, 3.63) is 46.8 Å². The first kappa shape index (κ1) is 16.7. The molecule has 1 heterocycles. The lowest BCUT2D eigenvalue weighted by Crippen LogP contribution is -2.33. The quantitative estimate of drug-likeness (QED) is 0.846. The zero-order chi connectivity index (χ0) is 16.7. The Hall–Kier alpha value is -2.63. The molecule has 0 atom stereocenters. The number of amides is 1. The molecule has 2 rings (SSSR count). The minimum absolute atomic E-state index is 0.0797. The Morgan fingerprint density at radius 1 is 1.17 bits per heavy atom. The van der Waals surface area contributed by atoms with Crippen LogP contribution >= 0.6 is 0 Å². The van der Waals surface area contributed by atoms with E-state index in [4.69, 9.17) is 4.74 Å². The molecule has 1 aromatic carbocycles. The fraction of sp³-hybridized carbons (Fsp3) is 0.353. The van der Waals surface area contributed by atoms with Crippen LogP contribution < -0.4 is 15.6 Å².